The largest absolute Gasteiger partial charge is 0.489 e. The summed E-state index contributed by atoms with van der Waals surface area (Å²) in [7, 11) is 0. The average Bonchev–Trinajstić information content (AvgIpc) is 2.82. The number of nitriles is 1. The van der Waals surface area contributed by atoms with Gasteiger partial charge in [-0.05, 0) is 52.9 Å². The second-order valence-electron chi connectivity index (χ2n) is 7.98. The van der Waals surface area contributed by atoms with Crippen LogP contribution in [0.15, 0.2) is 72.3 Å². The third-order valence-electron chi connectivity index (χ3n) is 5.75. The Morgan fingerprint density at radius 2 is 1.81 bits per heavy atom. The zero-order valence-electron chi connectivity index (χ0n) is 17.5. The van der Waals surface area contributed by atoms with E-state index < -0.39 is 0 Å². The van der Waals surface area contributed by atoms with Gasteiger partial charge in [0.1, 0.15) is 24.0 Å². The fourth-order valence-corrected chi connectivity index (χ4v) is 4.10. The van der Waals surface area contributed by atoms with Crippen LogP contribution < -0.4 is 10.1 Å². The van der Waals surface area contributed by atoms with E-state index in [1.165, 1.54) is 17.2 Å². The van der Waals surface area contributed by atoms with Gasteiger partial charge in [-0.25, -0.2) is 0 Å². The van der Waals surface area contributed by atoms with Gasteiger partial charge in [-0.2, -0.15) is 5.26 Å². The van der Waals surface area contributed by atoms with Crippen LogP contribution in [0.25, 0.3) is 16.8 Å². The van der Waals surface area contributed by atoms with Crippen LogP contribution in [-0.4, -0.2) is 11.9 Å². The molecule has 4 heteroatoms. The van der Waals surface area contributed by atoms with E-state index in [2.05, 4.69) is 29.6 Å². The molecule has 0 aromatic heterocycles. The topological polar surface area (TPSA) is 62.1 Å². The van der Waals surface area contributed by atoms with Gasteiger partial charge >= 0.3 is 0 Å². The van der Waals surface area contributed by atoms with E-state index in [0.717, 1.165) is 36.8 Å². The summed E-state index contributed by atoms with van der Waals surface area (Å²) >= 11 is 0. The Hall–Kier alpha value is -3.58. The predicted molar refractivity (Wildman–Crippen MR) is 123 cm³/mol. The van der Waals surface area contributed by atoms with Crippen molar-refractivity contribution in [3.63, 3.8) is 0 Å². The summed E-state index contributed by atoms with van der Waals surface area (Å²) in [6, 6.07) is 24.1. The number of hydrogen-bond donors (Lipinski definition) is 1. The Kier molecular flexibility index (Phi) is 6.64. The summed E-state index contributed by atoms with van der Waals surface area (Å²) in [5.41, 5.74) is 2.01. The molecule has 3 aromatic rings. The smallest absolute Gasteiger partial charge is 0.262 e. The van der Waals surface area contributed by atoms with E-state index in [4.69, 9.17) is 4.74 Å². The standard InChI is InChI=1S/C27H26N2O2/c28-18-23(27(30)29-24-12-2-1-3-13-24)16-20-8-6-14-25(17-20)31-19-22-11-7-10-21-9-4-5-15-26(21)22/h4-11,14-17,24H,1-3,12-13,19H2,(H,29,30)/b23-16+. The van der Waals surface area contributed by atoms with Gasteiger partial charge in [0.05, 0.1) is 0 Å². The molecule has 0 aliphatic heterocycles. The maximum Gasteiger partial charge on any atom is 0.262 e. The highest BCUT2D eigenvalue weighted by Gasteiger charge is 2.18. The number of ether oxygens (including phenoxy) is 1. The van der Waals surface area contributed by atoms with Crippen molar-refractivity contribution in [2.75, 3.05) is 0 Å². The fourth-order valence-electron chi connectivity index (χ4n) is 4.10. The van der Waals surface area contributed by atoms with Crippen LogP contribution in [0.4, 0.5) is 0 Å². The molecule has 0 spiro atoms. The highest BCUT2D eigenvalue weighted by atomic mass is 16.5. The van der Waals surface area contributed by atoms with Crippen molar-refractivity contribution in [1.82, 2.24) is 5.32 Å². The number of fused-ring (bicyclic) bond motifs is 1. The molecule has 1 fully saturated rings. The predicted octanol–water partition coefficient (Wildman–Crippen LogP) is 5.77. The van der Waals surface area contributed by atoms with Gasteiger partial charge in [-0.15, -0.1) is 0 Å². The first-order chi connectivity index (χ1) is 15.2. The molecule has 4 rings (SSSR count). The van der Waals surface area contributed by atoms with E-state index in [0.29, 0.717) is 12.4 Å². The maximum absolute atomic E-state index is 12.5. The van der Waals surface area contributed by atoms with Crippen molar-refractivity contribution < 1.29 is 9.53 Å². The van der Waals surface area contributed by atoms with Crippen molar-refractivity contribution in [2.45, 2.75) is 44.8 Å². The van der Waals surface area contributed by atoms with Crippen molar-refractivity contribution in [2.24, 2.45) is 0 Å². The number of nitrogens with zero attached hydrogens (tertiary/aromatic N) is 1. The lowest BCUT2D eigenvalue weighted by Gasteiger charge is -2.22. The Bertz CT molecular complexity index is 1130. The van der Waals surface area contributed by atoms with E-state index in [-0.39, 0.29) is 17.5 Å². The molecule has 3 aromatic carbocycles. The van der Waals surface area contributed by atoms with Crippen LogP contribution in [0.3, 0.4) is 0 Å². The van der Waals surface area contributed by atoms with Gasteiger partial charge in [0, 0.05) is 6.04 Å². The Morgan fingerprint density at radius 3 is 2.65 bits per heavy atom. The lowest BCUT2D eigenvalue weighted by Crippen LogP contribution is -2.36. The Labute approximate surface area is 183 Å². The molecule has 0 unspecified atom stereocenters. The number of hydrogen-bond acceptors (Lipinski definition) is 3. The first-order valence-corrected chi connectivity index (χ1v) is 10.8. The molecule has 1 N–H and O–H groups in total. The van der Waals surface area contributed by atoms with Crippen molar-refractivity contribution in [1.29, 1.82) is 5.26 Å². The lowest BCUT2D eigenvalue weighted by atomic mass is 9.95. The molecule has 31 heavy (non-hydrogen) atoms. The van der Waals surface area contributed by atoms with Gasteiger partial charge in [-0.3, -0.25) is 4.79 Å². The van der Waals surface area contributed by atoms with E-state index >= 15 is 0 Å². The second-order valence-corrected chi connectivity index (χ2v) is 7.98. The normalized spacial score (nSPS) is 14.7. The van der Waals surface area contributed by atoms with Gasteiger partial charge in [-0.1, -0.05) is 73.9 Å². The van der Waals surface area contributed by atoms with Crippen molar-refractivity contribution in [3.8, 4) is 11.8 Å². The summed E-state index contributed by atoms with van der Waals surface area (Å²) in [5.74, 6) is 0.406. The van der Waals surface area contributed by atoms with Gasteiger partial charge in [0.2, 0.25) is 0 Å². The first kappa shape index (κ1) is 20.7. The number of nitrogens with one attached hydrogen (secondary N) is 1. The van der Waals surface area contributed by atoms with Crippen LogP contribution in [0.5, 0.6) is 5.75 Å². The number of carbonyl (C=O) groups excluding carboxylic acids is 1. The number of rotatable bonds is 6. The van der Waals surface area contributed by atoms with Gasteiger partial charge in [0.15, 0.2) is 0 Å². The molecule has 1 aliphatic rings. The monoisotopic (exact) mass is 410 g/mol. The molecule has 0 bridgehead atoms. The third kappa shape index (κ3) is 5.32. The lowest BCUT2D eigenvalue weighted by molar-refractivity contribution is -0.117. The fraction of sp³-hybridized carbons (Fsp3) is 0.259. The van der Waals surface area contributed by atoms with Gasteiger partial charge in [0.25, 0.3) is 5.91 Å². The average molecular weight is 411 g/mol. The SMILES string of the molecule is N#C/C(=C\c1cccc(OCc2cccc3ccccc23)c1)C(=O)NC1CCCCC1. The van der Waals surface area contributed by atoms with E-state index in [9.17, 15) is 10.1 Å². The molecule has 0 atom stereocenters. The molecule has 0 radical (unpaired) electrons. The molecule has 0 heterocycles. The summed E-state index contributed by atoms with van der Waals surface area (Å²) < 4.78 is 6.03. The summed E-state index contributed by atoms with van der Waals surface area (Å²) in [4.78, 5) is 12.5. The van der Waals surface area contributed by atoms with Crippen LogP contribution >= 0.6 is 0 Å². The minimum Gasteiger partial charge on any atom is -0.489 e. The molecular formula is C27H26N2O2. The number of carbonyl (C=O) groups is 1. The third-order valence-corrected chi connectivity index (χ3v) is 5.75. The van der Waals surface area contributed by atoms with Crippen LogP contribution in [0.2, 0.25) is 0 Å². The quantitative estimate of drug-likeness (QED) is 0.414. The molecular weight excluding hydrogens is 384 g/mol. The molecule has 1 amide bonds. The number of benzene rings is 3. The second kappa shape index (κ2) is 9.95. The highest BCUT2D eigenvalue weighted by molar-refractivity contribution is 6.01. The van der Waals surface area contributed by atoms with Crippen LogP contribution in [0.1, 0.15) is 43.2 Å². The van der Waals surface area contributed by atoms with Crippen molar-refractivity contribution >= 4 is 22.8 Å². The Balaban J connectivity index is 1.45. The molecule has 0 saturated heterocycles. The minimum absolute atomic E-state index is 0.122. The maximum atomic E-state index is 12.5. The number of amides is 1. The summed E-state index contributed by atoms with van der Waals surface area (Å²) in [6.45, 7) is 0.446. The minimum atomic E-state index is -0.295. The molecule has 1 saturated carbocycles. The molecule has 156 valence electrons. The molecule has 1 aliphatic carbocycles. The zero-order chi connectivity index (χ0) is 21.5. The summed E-state index contributed by atoms with van der Waals surface area (Å²) in [6.07, 6.45) is 7.09. The summed E-state index contributed by atoms with van der Waals surface area (Å²) in [5, 5.41) is 14.9. The highest BCUT2D eigenvalue weighted by Crippen LogP contribution is 2.22. The van der Waals surface area contributed by atoms with E-state index in [1.54, 1.807) is 6.08 Å². The Morgan fingerprint density at radius 1 is 1.03 bits per heavy atom. The van der Waals surface area contributed by atoms with Gasteiger partial charge < -0.3 is 10.1 Å². The first-order valence-electron chi connectivity index (χ1n) is 10.8. The molecule has 4 nitrogen and oxygen atoms in total. The van der Waals surface area contributed by atoms with Crippen LogP contribution in [0, 0.1) is 11.3 Å². The van der Waals surface area contributed by atoms with Crippen LogP contribution in [-0.2, 0) is 11.4 Å². The zero-order valence-corrected chi connectivity index (χ0v) is 17.5. The van der Waals surface area contributed by atoms with E-state index in [1.807, 2.05) is 48.5 Å². The van der Waals surface area contributed by atoms with Crippen molar-refractivity contribution in [3.05, 3.63) is 83.4 Å².